The number of fused-ring (bicyclic) bond motifs is 3. The first-order valence-corrected chi connectivity index (χ1v) is 11.4. The zero-order valence-electron chi connectivity index (χ0n) is 18.6. The number of ether oxygens (including phenoxy) is 2. The molecule has 162 valence electrons. The summed E-state index contributed by atoms with van der Waals surface area (Å²) in [5.41, 5.74) is 4.54. The van der Waals surface area contributed by atoms with Crippen LogP contribution in [-0.4, -0.2) is 23.3 Å². The lowest BCUT2D eigenvalue weighted by atomic mass is 9.62. The molecule has 3 aromatic rings. The van der Waals surface area contributed by atoms with Crippen molar-refractivity contribution in [2.24, 2.45) is 11.3 Å². The van der Waals surface area contributed by atoms with Crippen LogP contribution in [-0.2, 0) is 6.42 Å². The molecular weight excluding hydrogens is 386 g/mol. The number of phenolic OH excluding ortho intramolecular Hbond substituents is 1. The standard InChI is InChI=1S/C27H31NO3/c1-4-27(2)10-5-6-24-21(27)16-19-12-17(15-25(30-3)26(19)31-24)7-8-18-13-22-20(9-11-28-22)23(29)14-18/h7-9,11-15,21,24,28-29H,4-6,10,16H2,1-3H3/b8-7+/t21-,24?,27?/m0/s1. The van der Waals surface area contributed by atoms with Gasteiger partial charge in [-0.1, -0.05) is 32.4 Å². The van der Waals surface area contributed by atoms with Crippen LogP contribution in [0.25, 0.3) is 23.1 Å². The predicted molar refractivity (Wildman–Crippen MR) is 126 cm³/mol. The van der Waals surface area contributed by atoms with Crippen LogP contribution in [0, 0.1) is 11.3 Å². The molecule has 0 amide bonds. The molecule has 2 unspecified atom stereocenters. The van der Waals surface area contributed by atoms with Crippen LogP contribution < -0.4 is 9.47 Å². The van der Waals surface area contributed by atoms with Gasteiger partial charge in [0, 0.05) is 23.0 Å². The van der Waals surface area contributed by atoms with E-state index in [4.69, 9.17) is 9.47 Å². The zero-order valence-corrected chi connectivity index (χ0v) is 18.6. The van der Waals surface area contributed by atoms with Crippen molar-refractivity contribution in [3.63, 3.8) is 0 Å². The van der Waals surface area contributed by atoms with Crippen molar-refractivity contribution in [2.45, 2.75) is 52.1 Å². The molecule has 3 atom stereocenters. The second-order valence-corrected chi connectivity index (χ2v) is 9.39. The molecule has 1 saturated carbocycles. The second kappa shape index (κ2) is 7.67. The molecule has 2 N–H and O–H groups in total. The third-order valence-corrected chi connectivity index (χ3v) is 7.61. The molecule has 1 aliphatic carbocycles. The average molecular weight is 418 g/mol. The van der Waals surface area contributed by atoms with E-state index in [0.29, 0.717) is 11.3 Å². The molecular formula is C27H31NO3. The zero-order chi connectivity index (χ0) is 21.6. The summed E-state index contributed by atoms with van der Waals surface area (Å²) in [6.07, 6.45) is 12.1. The molecule has 0 spiro atoms. The van der Waals surface area contributed by atoms with Crippen molar-refractivity contribution in [3.8, 4) is 17.2 Å². The molecule has 0 radical (unpaired) electrons. The fraction of sp³-hybridized carbons (Fsp3) is 0.407. The first kappa shape index (κ1) is 20.0. The van der Waals surface area contributed by atoms with Gasteiger partial charge in [0.2, 0.25) is 0 Å². The number of aromatic amines is 1. The Hall–Kier alpha value is -2.88. The maximum atomic E-state index is 10.3. The van der Waals surface area contributed by atoms with Crippen LogP contribution in [0.4, 0.5) is 0 Å². The van der Waals surface area contributed by atoms with Gasteiger partial charge in [0.15, 0.2) is 11.5 Å². The Labute approximate surface area is 183 Å². The largest absolute Gasteiger partial charge is 0.507 e. The molecule has 4 nitrogen and oxygen atoms in total. The second-order valence-electron chi connectivity index (χ2n) is 9.39. The summed E-state index contributed by atoms with van der Waals surface area (Å²) in [6.45, 7) is 4.75. The number of H-pyrrole nitrogens is 1. The molecule has 2 heterocycles. The van der Waals surface area contributed by atoms with Gasteiger partial charge in [0.25, 0.3) is 0 Å². The quantitative estimate of drug-likeness (QED) is 0.472. The summed E-state index contributed by atoms with van der Waals surface area (Å²) >= 11 is 0. The molecule has 1 aliphatic heterocycles. The van der Waals surface area contributed by atoms with Gasteiger partial charge in [-0.25, -0.2) is 0 Å². The highest BCUT2D eigenvalue weighted by atomic mass is 16.5. The van der Waals surface area contributed by atoms with Crippen LogP contribution >= 0.6 is 0 Å². The van der Waals surface area contributed by atoms with Gasteiger partial charge < -0.3 is 19.6 Å². The molecule has 5 rings (SSSR count). The fourth-order valence-electron chi connectivity index (χ4n) is 5.56. The summed E-state index contributed by atoms with van der Waals surface area (Å²) < 4.78 is 12.3. The van der Waals surface area contributed by atoms with Crippen molar-refractivity contribution in [2.75, 3.05) is 7.11 Å². The van der Waals surface area contributed by atoms with Crippen molar-refractivity contribution in [3.05, 3.63) is 53.2 Å². The average Bonchev–Trinajstić information content (AvgIpc) is 3.26. The molecule has 2 aliphatic rings. The third-order valence-electron chi connectivity index (χ3n) is 7.61. The number of hydrogen-bond acceptors (Lipinski definition) is 3. The van der Waals surface area contributed by atoms with E-state index < -0.39 is 0 Å². The number of aromatic nitrogens is 1. The van der Waals surface area contributed by atoms with Crippen molar-refractivity contribution in [1.29, 1.82) is 0 Å². The van der Waals surface area contributed by atoms with E-state index in [9.17, 15) is 5.11 Å². The Morgan fingerprint density at radius 3 is 2.81 bits per heavy atom. The highest BCUT2D eigenvalue weighted by Crippen LogP contribution is 2.51. The topological polar surface area (TPSA) is 54.5 Å². The summed E-state index contributed by atoms with van der Waals surface area (Å²) in [5, 5.41) is 11.1. The molecule has 2 aromatic carbocycles. The highest BCUT2D eigenvalue weighted by molar-refractivity contribution is 5.89. The minimum absolute atomic E-state index is 0.289. The summed E-state index contributed by atoms with van der Waals surface area (Å²) in [5.74, 6) is 2.57. The van der Waals surface area contributed by atoms with Crippen molar-refractivity contribution < 1.29 is 14.6 Å². The van der Waals surface area contributed by atoms with E-state index in [-0.39, 0.29) is 11.9 Å². The lowest BCUT2D eigenvalue weighted by Crippen LogP contribution is -2.46. The summed E-state index contributed by atoms with van der Waals surface area (Å²) in [4.78, 5) is 3.17. The lowest BCUT2D eigenvalue weighted by Gasteiger charge is -2.48. The Balaban J connectivity index is 1.48. The van der Waals surface area contributed by atoms with Gasteiger partial charge in [-0.3, -0.25) is 0 Å². The van der Waals surface area contributed by atoms with E-state index in [2.05, 4.69) is 31.0 Å². The van der Waals surface area contributed by atoms with Crippen molar-refractivity contribution >= 4 is 23.1 Å². The van der Waals surface area contributed by atoms with E-state index in [1.165, 1.54) is 24.8 Å². The fourth-order valence-corrected chi connectivity index (χ4v) is 5.56. The molecule has 0 saturated heterocycles. The van der Waals surface area contributed by atoms with E-state index in [1.54, 1.807) is 13.2 Å². The number of benzene rings is 2. The van der Waals surface area contributed by atoms with Crippen molar-refractivity contribution in [1.82, 2.24) is 4.98 Å². The minimum atomic E-state index is 0.289. The van der Waals surface area contributed by atoms with Crippen LogP contribution in [0.5, 0.6) is 17.2 Å². The number of nitrogens with one attached hydrogen (secondary N) is 1. The molecule has 1 fully saturated rings. The number of methoxy groups -OCH3 is 1. The third kappa shape index (κ3) is 3.48. The SMILES string of the molecule is CCC1(C)CCCC2Oc3c(cc(/C=C/c4cc(O)c5cc[nH]c5c4)cc3OC)C[C@@H]21. The Morgan fingerprint density at radius 1 is 1.23 bits per heavy atom. The van der Waals surface area contributed by atoms with E-state index in [0.717, 1.165) is 46.4 Å². The van der Waals surface area contributed by atoms with E-state index >= 15 is 0 Å². The minimum Gasteiger partial charge on any atom is -0.507 e. The maximum absolute atomic E-state index is 10.3. The lowest BCUT2D eigenvalue weighted by molar-refractivity contribution is -0.0190. The first-order valence-electron chi connectivity index (χ1n) is 11.4. The first-order chi connectivity index (χ1) is 15.0. The summed E-state index contributed by atoms with van der Waals surface area (Å²) in [6, 6.07) is 10.0. The molecule has 0 bridgehead atoms. The van der Waals surface area contributed by atoms with Gasteiger partial charge in [0.1, 0.15) is 11.9 Å². The van der Waals surface area contributed by atoms with Crippen LogP contribution in [0.3, 0.4) is 0 Å². The Morgan fingerprint density at radius 2 is 2.03 bits per heavy atom. The smallest absolute Gasteiger partial charge is 0.164 e. The Kier molecular flexibility index (Phi) is 4.96. The summed E-state index contributed by atoms with van der Waals surface area (Å²) in [7, 11) is 1.72. The highest BCUT2D eigenvalue weighted by Gasteiger charge is 2.45. The van der Waals surface area contributed by atoms with Gasteiger partial charge in [-0.05, 0) is 78.1 Å². The van der Waals surface area contributed by atoms with Gasteiger partial charge in [-0.2, -0.15) is 0 Å². The normalized spacial score (nSPS) is 25.3. The van der Waals surface area contributed by atoms with Crippen LogP contribution in [0.1, 0.15) is 56.2 Å². The van der Waals surface area contributed by atoms with Gasteiger partial charge >= 0.3 is 0 Å². The van der Waals surface area contributed by atoms with Crippen LogP contribution in [0.15, 0.2) is 36.5 Å². The Bertz CT molecular complexity index is 1140. The van der Waals surface area contributed by atoms with Gasteiger partial charge in [0.05, 0.1) is 7.11 Å². The van der Waals surface area contributed by atoms with Crippen LogP contribution in [0.2, 0.25) is 0 Å². The number of hydrogen-bond donors (Lipinski definition) is 2. The number of rotatable bonds is 4. The molecule has 1 aromatic heterocycles. The van der Waals surface area contributed by atoms with E-state index in [1.807, 2.05) is 30.5 Å². The monoisotopic (exact) mass is 417 g/mol. The number of aromatic hydroxyl groups is 1. The number of phenols is 1. The predicted octanol–water partition coefficient (Wildman–Crippen LogP) is 6.57. The molecule has 4 heteroatoms. The maximum Gasteiger partial charge on any atom is 0.164 e. The molecule has 31 heavy (non-hydrogen) atoms. The van der Waals surface area contributed by atoms with Gasteiger partial charge in [-0.15, -0.1) is 0 Å².